The first-order valence-corrected chi connectivity index (χ1v) is 18.1. The number of ketones is 1. The molecule has 0 radical (unpaired) electrons. The summed E-state index contributed by atoms with van der Waals surface area (Å²) in [6.07, 6.45) is -5.63. The van der Waals surface area contributed by atoms with Gasteiger partial charge in [-0.2, -0.15) is 43.9 Å². The van der Waals surface area contributed by atoms with Crippen LogP contribution in [0.1, 0.15) is 95.1 Å². The fraction of sp³-hybridized carbons (Fsp3) is 0.385. The number of Topliss-reactive ketones (excluding diaryl/α,β-unsaturated/α-hetero) is 1. The molecule has 1 N–H and O–H groups in total. The maximum absolute atomic E-state index is 13.5. The van der Waals surface area contributed by atoms with Crippen LogP contribution in [-0.2, 0) is 40.8 Å². The van der Waals surface area contributed by atoms with Crippen molar-refractivity contribution in [3.63, 3.8) is 0 Å². The lowest BCUT2D eigenvalue weighted by Gasteiger charge is -2.43. The monoisotopic (exact) mass is 837 g/mol. The zero-order valence-electron chi connectivity index (χ0n) is 30.6. The molecule has 3 aromatic heterocycles. The van der Waals surface area contributed by atoms with Crippen molar-refractivity contribution in [1.29, 1.82) is 0 Å². The van der Waals surface area contributed by atoms with E-state index in [0.29, 0.717) is 31.5 Å². The molecule has 1 amide bonds. The van der Waals surface area contributed by atoms with E-state index in [1.165, 1.54) is 49.1 Å². The lowest BCUT2D eigenvalue weighted by molar-refractivity contribution is -0.140. The highest BCUT2D eigenvalue weighted by molar-refractivity contribution is 5.99. The number of amides is 1. The summed E-state index contributed by atoms with van der Waals surface area (Å²) in [5.41, 5.74) is -2.00. The number of alkyl halides is 10. The highest BCUT2D eigenvalue weighted by Crippen LogP contribution is 2.51. The van der Waals surface area contributed by atoms with E-state index in [-0.39, 0.29) is 46.8 Å². The molecule has 0 spiro atoms. The molecule has 59 heavy (non-hydrogen) atoms. The molecule has 3 heterocycles. The average molecular weight is 838 g/mol. The van der Waals surface area contributed by atoms with Gasteiger partial charge in [0.05, 0.1) is 28.8 Å². The van der Waals surface area contributed by atoms with Gasteiger partial charge in [-0.25, -0.2) is 19.9 Å². The van der Waals surface area contributed by atoms with Crippen LogP contribution in [-0.4, -0.2) is 54.8 Å². The summed E-state index contributed by atoms with van der Waals surface area (Å²) in [6, 6.07) is 11.0. The van der Waals surface area contributed by atoms with Gasteiger partial charge in [0.1, 0.15) is 11.6 Å². The largest absolute Gasteiger partial charge is 0.416 e. The Morgan fingerprint density at radius 3 is 1.53 bits per heavy atom. The minimum Gasteiger partial charge on any atom is -0.415 e. The van der Waals surface area contributed by atoms with E-state index in [1.807, 2.05) is 0 Å². The van der Waals surface area contributed by atoms with E-state index in [0.717, 1.165) is 25.0 Å². The molecule has 2 aliphatic rings. The molecule has 2 fully saturated rings. The van der Waals surface area contributed by atoms with Gasteiger partial charge < -0.3 is 9.73 Å². The van der Waals surface area contributed by atoms with Gasteiger partial charge >= 0.3 is 25.2 Å². The lowest BCUT2D eigenvalue weighted by atomic mass is 9.61. The van der Waals surface area contributed by atoms with E-state index in [4.69, 9.17) is 4.42 Å². The third-order valence-electron chi connectivity index (χ3n) is 10.5. The SMILES string of the molecule is FC(F)c1nnc(-c2cnc(CC3(c4ccccc4C(F)(F)F)CCC3)nc2)o1.O=C(CNC(=O)C(F)F)c1cnc(CC2(c3ccccc3C(F)(F)F)CCC2)nc1. The Hall–Kier alpha value is -5.82. The first kappa shape index (κ1) is 42.8. The third-order valence-corrected chi connectivity index (χ3v) is 10.5. The zero-order chi connectivity index (χ0) is 42.6. The molecule has 20 heteroatoms. The topological polar surface area (TPSA) is 137 Å². The summed E-state index contributed by atoms with van der Waals surface area (Å²) < 4.78 is 135. The van der Waals surface area contributed by atoms with Crippen LogP contribution in [0.25, 0.3) is 11.5 Å². The van der Waals surface area contributed by atoms with Crippen LogP contribution in [0.5, 0.6) is 0 Å². The Bertz CT molecular complexity index is 2240. The van der Waals surface area contributed by atoms with Crippen molar-refractivity contribution in [3.05, 3.63) is 119 Å². The summed E-state index contributed by atoms with van der Waals surface area (Å²) in [5.74, 6) is -2.53. The van der Waals surface area contributed by atoms with Crippen LogP contribution in [0.15, 0.2) is 77.7 Å². The van der Waals surface area contributed by atoms with Gasteiger partial charge in [-0.05, 0) is 48.9 Å². The highest BCUT2D eigenvalue weighted by atomic mass is 19.4. The fourth-order valence-electron chi connectivity index (χ4n) is 7.21. The molecule has 312 valence electrons. The maximum Gasteiger partial charge on any atom is 0.416 e. The Labute approximate surface area is 328 Å². The molecule has 0 aliphatic heterocycles. The number of hydrogen-bond donors (Lipinski definition) is 1. The van der Waals surface area contributed by atoms with Crippen molar-refractivity contribution in [2.45, 2.75) is 87.4 Å². The summed E-state index contributed by atoms with van der Waals surface area (Å²) in [5, 5.41) is 8.56. The fourth-order valence-corrected chi connectivity index (χ4v) is 7.21. The number of benzene rings is 2. The molecule has 0 atom stereocenters. The molecular formula is C39H33F10N7O3. The van der Waals surface area contributed by atoms with Crippen LogP contribution in [0.3, 0.4) is 0 Å². The van der Waals surface area contributed by atoms with Crippen LogP contribution in [0.2, 0.25) is 0 Å². The quantitative estimate of drug-likeness (QED) is 0.0966. The van der Waals surface area contributed by atoms with Gasteiger partial charge in [0, 0.05) is 48.5 Å². The number of aromatic nitrogens is 6. The van der Waals surface area contributed by atoms with Crippen molar-refractivity contribution < 1.29 is 57.9 Å². The molecule has 0 unspecified atom stereocenters. The minimum atomic E-state index is -4.47. The maximum atomic E-state index is 13.5. The minimum absolute atomic E-state index is 0.00617. The Kier molecular flexibility index (Phi) is 12.5. The van der Waals surface area contributed by atoms with Crippen molar-refractivity contribution in [1.82, 2.24) is 35.5 Å². The molecule has 7 rings (SSSR count). The van der Waals surface area contributed by atoms with Gasteiger partial charge in [0.2, 0.25) is 0 Å². The second-order valence-electron chi connectivity index (χ2n) is 14.2. The van der Waals surface area contributed by atoms with Gasteiger partial charge in [-0.15, -0.1) is 10.2 Å². The number of nitrogens with zero attached hydrogens (tertiary/aromatic N) is 6. The second kappa shape index (κ2) is 17.2. The van der Waals surface area contributed by atoms with Crippen molar-refractivity contribution in [3.8, 4) is 11.5 Å². The first-order chi connectivity index (χ1) is 27.9. The standard InChI is InChI=1S/C20H18F5N3O2.C19H15F5N4O/c21-17(22)18(30)28-11-15(29)12-9-26-16(27-10-12)8-19(6-3-7-19)13-4-1-2-5-14(13)20(23,24)25;20-15(21)17-28-27-16(29-17)11-9-25-14(26-10-11)8-18(6-3-7-18)12-4-1-2-5-13(12)19(22,23)24/h1-2,4-5,9-10,17H,3,6-8,11H2,(H,28,30);1-2,4-5,9-10,15H,3,6-8H2. The van der Waals surface area contributed by atoms with Crippen molar-refractivity contribution in [2.24, 2.45) is 0 Å². The number of rotatable bonds is 12. The van der Waals surface area contributed by atoms with E-state index in [2.05, 4.69) is 30.1 Å². The van der Waals surface area contributed by atoms with Gasteiger partial charge in [0.15, 0.2) is 5.78 Å². The molecule has 5 aromatic rings. The Morgan fingerprint density at radius 2 is 1.14 bits per heavy atom. The predicted molar refractivity (Wildman–Crippen MR) is 187 cm³/mol. The van der Waals surface area contributed by atoms with Crippen LogP contribution in [0.4, 0.5) is 43.9 Å². The van der Waals surface area contributed by atoms with Gasteiger partial charge in [-0.1, -0.05) is 49.2 Å². The van der Waals surface area contributed by atoms with E-state index in [9.17, 15) is 53.5 Å². The molecule has 10 nitrogen and oxygen atoms in total. The zero-order valence-corrected chi connectivity index (χ0v) is 30.6. The normalized spacial score (nSPS) is 15.8. The molecule has 2 aromatic carbocycles. The smallest absolute Gasteiger partial charge is 0.415 e. The molecular weight excluding hydrogens is 804 g/mol. The van der Waals surface area contributed by atoms with Crippen molar-refractivity contribution in [2.75, 3.05) is 6.54 Å². The summed E-state index contributed by atoms with van der Waals surface area (Å²) >= 11 is 0. The molecule has 0 bridgehead atoms. The Morgan fingerprint density at radius 1 is 0.678 bits per heavy atom. The van der Waals surface area contributed by atoms with E-state index < -0.39 is 71.3 Å². The van der Waals surface area contributed by atoms with Crippen LogP contribution >= 0.6 is 0 Å². The number of hydrogen-bond acceptors (Lipinski definition) is 9. The highest BCUT2D eigenvalue weighted by Gasteiger charge is 2.47. The van der Waals surface area contributed by atoms with Gasteiger partial charge in [0.25, 0.3) is 17.7 Å². The number of carbonyl (C=O) groups is 2. The number of halogens is 10. The third kappa shape index (κ3) is 9.73. The number of carbonyl (C=O) groups excluding carboxylic acids is 2. The average Bonchev–Trinajstić information content (AvgIpc) is 3.68. The van der Waals surface area contributed by atoms with E-state index in [1.54, 1.807) is 17.4 Å². The molecule has 2 saturated carbocycles. The summed E-state index contributed by atoms with van der Waals surface area (Å²) in [4.78, 5) is 39.3. The van der Waals surface area contributed by atoms with Crippen LogP contribution < -0.4 is 5.32 Å². The second-order valence-corrected chi connectivity index (χ2v) is 14.2. The summed E-state index contributed by atoms with van der Waals surface area (Å²) in [7, 11) is 0. The lowest BCUT2D eigenvalue weighted by Crippen LogP contribution is -2.39. The van der Waals surface area contributed by atoms with E-state index >= 15 is 0 Å². The predicted octanol–water partition coefficient (Wildman–Crippen LogP) is 8.87. The van der Waals surface area contributed by atoms with Gasteiger partial charge in [-0.3, -0.25) is 9.59 Å². The Balaban J connectivity index is 0.000000198. The first-order valence-electron chi connectivity index (χ1n) is 18.1. The molecule has 0 saturated heterocycles. The molecule has 2 aliphatic carbocycles. The van der Waals surface area contributed by atoms with Crippen molar-refractivity contribution >= 4 is 11.7 Å². The number of nitrogens with one attached hydrogen (secondary N) is 1. The summed E-state index contributed by atoms with van der Waals surface area (Å²) in [6.45, 7) is -0.630. The van der Waals surface area contributed by atoms with Crippen LogP contribution in [0, 0.1) is 0 Å².